The SMILES string of the molecule is CCCCCCCCCCCCSC(CCCCCCCCC)C(C)OP(=O)(OCCC)OC(=O)O. The standard InChI is InChI=1S/C28H57O6PS/c1-5-8-10-12-14-15-16-18-20-22-25-36-27(23-21-19-17-13-11-9-6-2)26(4)33-35(31,32-24-7-3)34-28(29)30/h26-27H,5-25H2,1-4H3,(H,29,30). The fourth-order valence-electron chi connectivity index (χ4n) is 4.23. The molecule has 0 aliphatic carbocycles. The molecule has 0 rings (SSSR count). The number of carbonyl (C=O) groups is 1. The van der Waals surface area contributed by atoms with Gasteiger partial charge in [-0.25, -0.2) is 9.36 Å². The monoisotopic (exact) mass is 552 g/mol. The molecule has 0 bridgehead atoms. The Hall–Kier alpha value is -0.230. The van der Waals surface area contributed by atoms with E-state index in [4.69, 9.17) is 14.2 Å². The molecule has 216 valence electrons. The van der Waals surface area contributed by atoms with E-state index in [1.54, 1.807) is 0 Å². The van der Waals surface area contributed by atoms with Crippen LogP contribution in [0.25, 0.3) is 0 Å². The van der Waals surface area contributed by atoms with Crippen LogP contribution in [-0.2, 0) is 18.1 Å². The molecule has 0 radical (unpaired) electrons. The summed E-state index contributed by atoms with van der Waals surface area (Å²) in [6.45, 7) is 8.35. The molecule has 0 aliphatic heterocycles. The van der Waals surface area contributed by atoms with Gasteiger partial charge in [-0.1, -0.05) is 124 Å². The number of rotatable bonds is 27. The van der Waals surface area contributed by atoms with Crippen LogP contribution in [0, 0.1) is 0 Å². The summed E-state index contributed by atoms with van der Waals surface area (Å²) in [6, 6.07) is 0. The molecule has 8 heteroatoms. The van der Waals surface area contributed by atoms with Crippen LogP contribution in [0.2, 0.25) is 0 Å². The molecule has 0 aliphatic rings. The summed E-state index contributed by atoms with van der Waals surface area (Å²) < 4.78 is 28.4. The fourth-order valence-corrected chi connectivity index (χ4v) is 6.95. The third-order valence-electron chi connectivity index (χ3n) is 6.38. The van der Waals surface area contributed by atoms with Gasteiger partial charge in [-0.2, -0.15) is 11.8 Å². The molecule has 3 unspecified atom stereocenters. The van der Waals surface area contributed by atoms with E-state index in [2.05, 4.69) is 18.4 Å². The molecule has 0 saturated heterocycles. The second kappa shape index (κ2) is 25.1. The lowest BCUT2D eigenvalue weighted by molar-refractivity contribution is 0.0764. The van der Waals surface area contributed by atoms with Gasteiger partial charge in [0.05, 0.1) is 12.7 Å². The van der Waals surface area contributed by atoms with Crippen molar-refractivity contribution in [2.24, 2.45) is 0 Å². The summed E-state index contributed by atoms with van der Waals surface area (Å²) in [5, 5.41) is 9.15. The van der Waals surface area contributed by atoms with E-state index in [0.29, 0.717) is 6.42 Å². The molecule has 0 saturated carbocycles. The van der Waals surface area contributed by atoms with Gasteiger partial charge in [0.25, 0.3) is 0 Å². The van der Waals surface area contributed by atoms with Crippen LogP contribution in [0.3, 0.4) is 0 Å². The van der Waals surface area contributed by atoms with E-state index in [1.807, 2.05) is 25.6 Å². The number of hydrogen-bond acceptors (Lipinski definition) is 6. The van der Waals surface area contributed by atoms with Crippen molar-refractivity contribution in [2.75, 3.05) is 12.4 Å². The van der Waals surface area contributed by atoms with Crippen LogP contribution < -0.4 is 0 Å². The van der Waals surface area contributed by atoms with Crippen molar-refractivity contribution in [3.05, 3.63) is 0 Å². The minimum atomic E-state index is -4.14. The predicted octanol–water partition coefficient (Wildman–Crippen LogP) is 10.8. The first-order chi connectivity index (χ1) is 17.4. The Balaban J connectivity index is 4.55. The molecular weight excluding hydrogens is 495 g/mol. The average molecular weight is 553 g/mol. The quantitative estimate of drug-likeness (QED) is 0.0801. The summed E-state index contributed by atoms with van der Waals surface area (Å²) in [4.78, 5) is 11.1. The zero-order chi connectivity index (χ0) is 26.9. The molecule has 3 atom stereocenters. The van der Waals surface area contributed by atoms with E-state index >= 15 is 0 Å². The second-order valence-corrected chi connectivity index (χ2v) is 12.8. The molecule has 0 spiro atoms. The van der Waals surface area contributed by atoms with E-state index in [9.17, 15) is 9.36 Å². The molecule has 0 amide bonds. The summed E-state index contributed by atoms with van der Waals surface area (Å²) >= 11 is 1.86. The first-order valence-corrected chi connectivity index (χ1v) is 17.4. The van der Waals surface area contributed by atoms with Gasteiger partial charge in [0.2, 0.25) is 0 Å². The Bertz CT molecular complexity index is 548. The summed E-state index contributed by atoms with van der Waals surface area (Å²) in [5.74, 6) is 1.03. The minimum Gasteiger partial charge on any atom is -0.449 e. The van der Waals surface area contributed by atoms with Crippen LogP contribution in [0.4, 0.5) is 4.79 Å². The molecule has 1 N–H and O–H groups in total. The van der Waals surface area contributed by atoms with E-state index in [0.717, 1.165) is 25.0 Å². The van der Waals surface area contributed by atoms with Crippen molar-refractivity contribution >= 4 is 25.7 Å². The molecule has 0 aromatic carbocycles. The lowest BCUT2D eigenvalue weighted by atomic mass is 10.1. The average Bonchev–Trinajstić information content (AvgIpc) is 2.83. The van der Waals surface area contributed by atoms with Gasteiger partial charge in [0, 0.05) is 5.25 Å². The molecule has 36 heavy (non-hydrogen) atoms. The lowest BCUT2D eigenvalue weighted by Gasteiger charge is -2.26. The largest absolute Gasteiger partial charge is 0.534 e. The first-order valence-electron chi connectivity index (χ1n) is 14.9. The minimum absolute atomic E-state index is 0.130. The number of phosphoric ester groups is 1. The number of carboxylic acid groups (broad SMARTS) is 1. The van der Waals surface area contributed by atoms with E-state index in [1.165, 1.54) is 96.3 Å². The maximum absolute atomic E-state index is 12.9. The maximum Gasteiger partial charge on any atom is 0.534 e. The van der Waals surface area contributed by atoms with Crippen molar-refractivity contribution in [3.8, 4) is 0 Å². The zero-order valence-electron chi connectivity index (χ0n) is 23.8. The predicted molar refractivity (Wildman–Crippen MR) is 154 cm³/mol. The van der Waals surface area contributed by atoms with Crippen molar-refractivity contribution in [3.63, 3.8) is 0 Å². The fraction of sp³-hybridized carbons (Fsp3) is 0.964. The van der Waals surface area contributed by atoms with Crippen molar-refractivity contribution in [2.45, 2.75) is 161 Å². The number of phosphoric acid groups is 1. The zero-order valence-corrected chi connectivity index (χ0v) is 25.6. The van der Waals surface area contributed by atoms with E-state index < -0.39 is 20.1 Å². The Morgan fingerprint density at radius 1 is 0.750 bits per heavy atom. The summed E-state index contributed by atoms with van der Waals surface area (Å²) in [6.07, 6.45) is 21.3. The van der Waals surface area contributed by atoms with Crippen molar-refractivity contribution < 1.29 is 28.0 Å². The van der Waals surface area contributed by atoms with Gasteiger partial charge >= 0.3 is 14.0 Å². The Morgan fingerprint density at radius 2 is 1.22 bits per heavy atom. The lowest BCUT2D eigenvalue weighted by Crippen LogP contribution is -2.24. The van der Waals surface area contributed by atoms with Crippen LogP contribution >= 0.6 is 19.6 Å². The highest BCUT2D eigenvalue weighted by Gasteiger charge is 2.35. The van der Waals surface area contributed by atoms with Crippen LogP contribution in [0.5, 0.6) is 0 Å². The van der Waals surface area contributed by atoms with Gasteiger partial charge in [0.1, 0.15) is 0 Å². The number of thioether (sulfide) groups is 1. The molecule has 6 nitrogen and oxygen atoms in total. The smallest absolute Gasteiger partial charge is 0.449 e. The van der Waals surface area contributed by atoms with Gasteiger partial charge in [-0.3, -0.25) is 9.05 Å². The highest BCUT2D eigenvalue weighted by Crippen LogP contribution is 2.52. The Labute approximate surface area is 227 Å². The van der Waals surface area contributed by atoms with Crippen LogP contribution in [0.15, 0.2) is 0 Å². The van der Waals surface area contributed by atoms with E-state index in [-0.39, 0.29) is 11.9 Å². The Morgan fingerprint density at radius 3 is 1.69 bits per heavy atom. The molecule has 0 aromatic heterocycles. The van der Waals surface area contributed by atoms with Crippen LogP contribution in [0.1, 0.15) is 150 Å². The van der Waals surface area contributed by atoms with Crippen LogP contribution in [-0.4, -0.2) is 35.0 Å². The number of unbranched alkanes of at least 4 members (excludes halogenated alkanes) is 15. The van der Waals surface area contributed by atoms with Gasteiger partial charge in [-0.05, 0) is 31.9 Å². The first kappa shape index (κ1) is 35.8. The molecule has 0 heterocycles. The highest BCUT2D eigenvalue weighted by atomic mass is 32.2. The van der Waals surface area contributed by atoms with Gasteiger partial charge < -0.3 is 9.63 Å². The molecular formula is C28H57O6PS. The van der Waals surface area contributed by atoms with Gasteiger partial charge in [-0.15, -0.1) is 0 Å². The Kier molecular flexibility index (Phi) is 24.9. The third-order valence-corrected chi connectivity index (χ3v) is 9.43. The molecule has 0 fully saturated rings. The molecule has 0 aromatic rings. The van der Waals surface area contributed by atoms with Gasteiger partial charge in [0.15, 0.2) is 0 Å². The second-order valence-electron chi connectivity index (χ2n) is 9.95. The van der Waals surface area contributed by atoms with Crippen molar-refractivity contribution in [1.29, 1.82) is 0 Å². The highest BCUT2D eigenvalue weighted by molar-refractivity contribution is 7.99. The third kappa shape index (κ3) is 21.8. The topological polar surface area (TPSA) is 82.1 Å². The number of hydrogen-bond donors (Lipinski definition) is 1. The summed E-state index contributed by atoms with van der Waals surface area (Å²) in [5.41, 5.74) is 0. The maximum atomic E-state index is 12.9. The summed E-state index contributed by atoms with van der Waals surface area (Å²) in [7, 11) is -4.14. The van der Waals surface area contributed by atoms with Crippen molar-refractivity contribution in [1.82, 2.24) is 0 Å². The normalized spacial score (nSPS) is 14.9.